The molecule has 2 rings (SSSR count). The fourth-order valence-corrected chi connectivity index (χ4v) is 2.06. The largest absolute Gasteiger partial charge is 0.493 e. The number of rotatable bonds is 3. The molecule has 1 unspecified atom stereocenters. The number of ketones is 1. The third-order valence-corrected chi connectivity index (χ3v) is 2.99. The second-order valence-electron chi connectivity index (χ2n) is 3.89. The maximum atomic E-state index is 11.9. The Kier molecular flexibility index (Phi) is 3.08. The average molecular weight is 235 g/mol. The first-order valence-electron chi connectivity index (χ1n) is 5.32. The number of hydrogen-bond donors (Lipinski definition) is 0. The van der Waals surface area contributed by atoms with Crippen LogP contribution in [0.2, 0.25) is 0 Å². The monoisotopic (exact) mass is 235 g/mol. The van der Waals surface area contributed by atoms with Crippen molar-refractivity contribution in [1.29, 1.82) is 0 Å². The average Bonchev–Trinajstić information content (AvgIpc) is 2.38. The van der Waals surface area contributed by atoms with Gasteiger partial charge in [0.15, 0.2) is 23.3 Å². The van der Waals surface area contributed by atoms with Gasteiger partial charge in [-0.05, 0) is 30.5 Å². The predicted octanol–water partition coefficient (Wildman–Crippen LogP) is 1.97. The Morgan fingerprint density at radius 3 is 2.47 bits per heavy atom. The zero-order chi connectivity index (χ0) is 12.4. The summed E-state index contributed by atoms with van der Waals surface area (Å²) in [6.45, 7) is 0. The van der Waals surface area contributed by atoms with E-state index in [0.717, 1.165) is 5.56 Å². The highest BCUT2D eigenvalue weighted by Gasteiger charge is 2.29. The molecule has 90 valence electrons. The summed E-state index contributed by atoms with van der Waals surface area (Å²) in [7, 11) is 3.05. The fraction of sp³-hybridized carbons (Fsp3) is 0.417. The Morgan fingerprint density at radius 2 is 1.88 bits per heavy atom. The fourth-order valence-electron chi connectivity index (χ4n) is 2.06. The van der Waals surface area contributed by atoms with E-state index in [-0.39, 0.29) is 5.78 Å². The molecule has 0 aliphatic heterocycles. The third-order valence-electron chi connectivity index (χ3n) is 2.99. The molecular weight excluding hydrogens is 222 g/mol. The van der Waals surface area contributed by atoms with Crippen LogP contribution in [0, 0.1) is 4.91 Å². The zero-order valence-corrected chi connectivity index (χ0v) is 9.73. The summed E-state index contributed by atoms with van der Waals surface area (Å²) in [5.74, 6) is 0.852. The van der Waals surface area contributed by atoms with E-state index in [1.165, 1.54) is 7.11 Å². The summed E-state index contributed by atoms with van der Waals surface area (Å²) >= 11 is 0. The van der Waals surface area contributed by atoms with E-state index >= 15 is 0 Å². The molecule has 0 saturated heterocycles. The van der Waals surface area contributed by atoms with Gasteiger partial charge in [-0.2, -0.15) is 4.91 Å². The van der Waals surface area contributed by atoms with Gasteiger partial charge in [-0.3, -0.25) is 4.79 Å². The highest BCUT2D eigenvalue weighted by Crippen LogP contribution is 2.34. The molecule has 5 nitrogen and oxygen atoms in total. The van der Waals surface area contributed by atoms with Crippen LogP contribution in [0.3, 0.4) is 0 Å². The quantitative estimate of drug-likeness (QED) is 0.751. The number of carbonyl (C=O) groups is 1. The van der Waals surface area contributed by atoms with Crippen LogP contribution in [0.5, 0.6) is 11.5 Å². The number of nitrogens with zero attached hydrogens (tertiary/aromatic N) is 1. The predicted molar refractivity (Wildman–Crippen MR) is 61.8 cm³/mol. The minimum absolute atomic E-state index is 0.234. The number of fused-ring (bicyclic) bond motifs is 1. The molecule has 0 bridgehead atoms. The second kappa shape index (κ2) is 4.53. The van der Waals surface area contributed by atoms with Gasteiger partial charge in [-0.25, -0.2) is 0 Å². The molecular formula is C12H13NO4. The number of aryl methyl sites for hydroxylation is 1. The molecule has 1 aromatic rings. The van der Waals surface area contributed by atoms with Crippen molar-refractivity contribution >= 4 is 5.78 Å². The molecule has 1 aromatic carbocycles. The summed E-state index contributed by atoms with van der Waals surface area (Å²) in [5.41, 5.74) is 1.39. The highest BCUT2D eigenvalue weighted by molar-refractivity contribution is 6.03. The molecule has 0 aromatic heterocycles. The molecule has 0 amide bonds. The first-order chi connectivity index (χ1) is 8.21. The van der Waals surface area contributed by atoms with Gasteiger partial charge in [0.05, 0.1) is 14.2 Å². The van der Waals surface area contributed by atoms with Crippen molar-refractivity contribution in [3.05, 3.63) is 28.2 Å². The molecule has 1 atom stereocenters. The smallest absolute Gasteiger partial charge is 0.191 e. The number of benzene rings is 1. The van der Waals surface area contributed by atoms with Gasteiger partial charge in [0.1, 0.15) is 0 Å². The van der Waals surface area contributed by atoms with Gasteiger partial charge >= 0.3 is 0 Å². The van der Waals surface area contributed by atoms with Crippen LogP contribution >= 0.6 is 0 Å². The van der Waals surface area contributed by atoms with Crippen LogP contribution in [-0.4, -0.2) is 26.0 Å². The summed E-state index contributed by atoms with van der Waals surface area (Å²) in [6, 6.07) is 2.64. The van der Waals surface area contributed by atoms with Crippen molar-refractivity contribution in [3.63, 3.8) is 0 Å². The lowest BCUT2D eigenvalue weighted by molar-refractivity contribution is 0.0948. The Morgan fingerprint density at radius 1 is 1.24 bits per heavy atom. The number of Topliss-reactive ketones (excluding diaryl/α,β-unsaturated/α-hetero) is 1. The molecule has 0 radical (unpaired) electrons. The van der Waals surface area contributed by atoms with Crippen molar-refractivity contribution in [3.8, 4) is 11.5 Å². The minimum atomic E-state index is -0.763. The van der Waals surface area contributed by atoms with E-state index in [2.05, 4.69) is 5.18 Å². The molecule has 0 N–H and O–H groups in total. The van der Waals surface area contributed by atoms with Gasteiger partial charge in [0.25, 0.3) is 0 Å². The number of nitroso groups, excluding NO2 is 1. The van der Waals surface area contributed by atoms with Crippen molar-refractivity contribution in [2.45, 2.75) is 18.9 Å². The number of methoxy groups -OCH3 is 2. The lowest BCUT2D eigenvalue weighted by atomic mass is 9.87. The normalized spacial score (nSPS) is 18.5. The molecule has 5 heteroatoms. The maximum Gasteiger partial charge on any atom is 0.191 e. The molecule has 0 saturated carbocycles. The van der Waals surface area contributed by atoms with Crippen molar-refractivity contribution in [2.24, 2.45) is 5.18 Å². The molecule has 0 heterocycles. The Bertz CT molecular complexity index is 470. The van der Waals surface area contributed by atoms with Crippen molar-refractivity contribution in [1.82, 2.24) is 0 Å². The zero-order valence-electron chi connectivity index (χ0n) is 9.73. The standard InChI is InChI=1S/C12H13NO4/c1-16-10-5-7-3-4-9(13-15)12(14)8(7)6-11(10)17-2/h5-6,9H,3-4H2,1-2H3. The Labute approximate surface area is 98.7 Å². The SMILES string of the molecule is COc1cc2c(cc1OC)C(=O)C(N=O)CC2. The van der Waals surface area contributed by atoms with Gasteiger partial charge in [0.2, 0.25) is 0 Å². The second-order valence-corrected chi connectivity index (χ2v) is 3.89. The van der Waals surface area contributed by atoms with Crippen LogP contribution in [0.15, 0.2) is 17.3 Å². The number of hydrogen-bond acceptors (Lipinski definition) is 5. The number of carbonyl (C=O) groups excluding carboxylic acids is 1. The van der Waals surface area contributed by atoms with Crippen LogP contribution < -0.4 is 9.47 Å². The summed E-state index contributed by atoms with van der Waals surface area (Å²) in [4.78, 5) is 22.5. The van der Waals surface area contributed by atoms with Crippen molar-refractivity contribution < 1.29 is 14.3 Å². The summed E-state index contributed by atoms with van der Waals surface area (Å²) in [6.07, 6.45) is 1.11. The van der Waals surface area contributed by atoms with Crippen LogP contribution in [0.4, 0.5) is 0 Å². The van der Waals surface area contributed by atoms with Crippen LogP contribution in [0.25, 0.3) is 0 Å². The Hall–Kier alpha value is -1.91. The van der Waals surface area contributed by atoms with E-state index in [4.69, 9.17) is 9.47 Å². The Balaban J connectivity index is 2.50. The van der Waals surface area contributed by atoms with Gasteiger partial charge < -0.3 is 9.47 Å². The molecule has 1 aliphatic carbocycles. The van der Waals surface area contributed by atoms with E-state index in [1.807, 2.05) is 0 Å². The van der Waals surface area contributed by atoms with Crippen LogP contribution in [-0.2, 0) is 6.42 Å². The number of ether oxygens (including phenoxy) is 2. The van der Waals surface area contributed by atoms with Gasteiger partial charge in [-0.15, -0.1) is 0 Å². The first kappa shape index (κ1) is 11.6. The lowest BCUT2D eigenvalue weighted by Gasteiger charge is -2.20. The maximum absolute atomic E-state index is 11.9. The van der Waals surface area contributed by atoms with Gasteiger partial charge in [-0.1, -0.05) is 5.18 Å². The molecule has 0 spiro atoms. The molecule has 17 heavy (non-hydrogen) atoms. The van der Waals surface area contributed by atoms with Crippen LogP contribution in [0.1, 0.15) is 22.3 Å². The minimum Gasteiger partial charge on any atom is -0.493 e. The first-order valence-corrected chi connectivity index (χ1v) is 5.32. The summed E-state index contributed by atoms with van der Waals surface area (Å²) in [5, 5.41) is 2.85. The molecule has 1 aliphatic rings. The van der Waals surface area contributed by atoms with Gasteiger partial charge in [0, 0.05) is 5.56 Å². The van der Waals surface area contributed by atoms with E-state index < -0.39 is 6.04 Å². The van der Waals surface area contributed by atoms with E-state index in [0.29, 0.717) is 29.9 Å². The third kappa shape index (κ3) is 1.88. The van der Waals surface area contributed by atoms with E-state index in [1.54, 1.807) is 19.2 Å². The highest BCUT2D eigenvalue weighted by atomic mass is 16.5. The summed E-state index contributed by atoms with van der Waals surface area (Å²) < 4.78 is 10.3. The molecule has 0 fully saturated rings. The topological polar surface area (TPSA) is 65.0 Å². The van der Waals surface area contributed by atoms with Crippen molar-refractivity contribution in [2.75, 3.05) is 14.2 Å². The lowest BCUT2D eigenvalue weighted by Crippen LogP contribution is -2.25. The van der Waals surface area contributed by atoms with E-state index in [9.17, 15) is 9.70 Å².